The summed E-state index contributed by atoms with van der Waals surface area (Å²) in [6, 6.07) is 17.4. The van der Waals surface area contributed by atoms with Crippen LogP contribution in [0.25, 0.3) is 11.3 Å². The van der Waals surface area contributed by atoms with Gasteiger partial charge in [-0.05, 0) is 50.1 Å². The Bertz CT molecular complexity index is 1280. The second kappa shape index (κ2) is 11.0. The monoisotopic (exact) mass is 473 g/mol. The van der Waals surface area contributed by atoms with Crippen molar-refractivity contribution in [3.63, 3.8) is 0 Å². The Hall–Kier alpha value is -4.00. The van der Waals surface area contributed by atoms with Crippen molar-refractivity contribution in [3.8, 4) is 11.3 Å². The molecule has 180 valence electrons. The van der Waals surface area contributed by atoms with Gasteiger partial charge in [0.25, 0.3) is 0 Å². The van der Waals surface area contributed by atoms with Crippen molar-refractivity contribution >= 4 is 11.8 Å². The number of carbonyl (C=O) groups is 1. The lowest BCUT2D eigenvalue weighted by Crippen LogP contribution is -2.34. The minimum absolute atomic E-state index is 0.252. The number of carbonyl (C=O) groups excluding carboxylic acids is 1. The number of rotatable bonds is 9. The maximum atomic E-state index is 14.5. The van der Waals surface area contributed by atoms with Gasteiger partial charge in [0.1, 0.15) is 29.2 Å². The number of benzene rings is 2. The van der Waals surface area contributed by atoms with Crippen LogP contribution < -0.4 is 5.32 Å². The molecule has 0 aliphatic rings. The third-order valence-electron chi connectivity index (χ3n) is 5.71. The number of anilines is 1. The molecule has 1 atom stereocenters. The fourth-order valence-corrected chi connectivity index (χ4v) is 3.81. The van der Waals surface area contributed by atoms with Gasteiger partial charge in [0.15, 0.2) is 0 Å². The van der Waals surface area contributed by atoms with E-state index in [4.69, 9.17) is 14.1 Å². The van der Waals surface area contributed by atoms with Crippen LogP contribution in [-0.4, -0.2) is 28.6 Å². The van der Waals surface area contributed by atoms with Gasteiger partial charge in [-0.3, -0.25) is 0 Å². The van der Waals surface area contributed by atoms with Crippen molar-refractivity contribution in [1.29, 1.82) is 0 Å². The minimum Gasteiger partial charge on any atom is -0.466 e. The molecule has 4 rings (SSSR count). The highest BCUT2D eigenvalue weighted by atomic mass is 19.1. The van der Waals surface area contributed by atoms with E-state index in [1.54, 1.807) is 25.1 Å². The molecule has 4 aromatic rings. The van der Waals surface area contributed by atoms with E-state index in [-0.39, 0.29) is 18.8 Å². The molecule has 0 spiro atoms. The number of nitrogens with zero attached hydrogens (tertiary/aromatic N) is 2. The number of hydrogen-bond acceptors (Lipinski definition) is 6. The predicted molar refractivity (Wildman–Crippen MR) is 133 cm³/mol. The summed E-state index contributed by atoms with van der Waals surface area (Å²) in [6.07, 6.45) is 2.25. The molecule has 7 heteroatoms. The van der Waals surface area contributed by atoms with Crippen LogP contribution in [0.15, 0.2) is 71.3 Å². The summed E-state index contributed by atoms with van der Waals surface area (Å²) in [4.78, 5) is 22.1. The zero-order chi connectivity index (χ0) is 24.8. The predicted octanol–water partition coefficient (Wildman–Crippen LogP) is 5.67. The molecule has 2 aromatic carbocycles. The molecule has 0 saturated carbocycles. The second-order valence-corrected chi connectivity index (χ2v) is 8.30. The maximum Gasteiger partial charge on any atom is 0.329 e. The molecule has 35 heavy (non-hydrogen) atoms. The molecule has 2 heterocycles. The van der Waals surface area contributed by atoms with E-state index in [9.17, 15) is 9.18 Å². The Morgan fingerprint density at radius 3 is 2.54 bits per heavy atom. The molecular formula is C28H28FN3O3. The van der Waals surface area contributed by atoms with Gasteiger partial charge in [-0.1, -0.05) is 42.5 Å². The lowest BCUT2D eigenvalue weighted by molar-refractivity contribution is -0.144. The molecule has 0 aliphatic carbocycles. The van der Waals surface area contributed by atoms with Crippen molar-refractivity contribution in [1.82, 2.24) is 9.97 Å². The molecule has 0 bridgehead atoms. The van der Waals surface area contributed by atoms with Crippen LogP contribution in [0.1, 0.15) is 35.3 Å². The van der Waals surface area contributed by atoms with Crippen molar-refractivity contribution in [2.45, 2.75) is 39.7 Å². The van der Waals surface area contributed by atoms with Gasteiger partial charge >= 0.3 is 5.97 Å². The van der Waals surface area contributed by atoms with E-state index in [2.05, 4.69) is 10.3 Å². The van der Waals surface area contributed by atoms with E-state index >= 15 is 0 Å². The molecule has 0 fully saturated rings. The van der Waals surface area contributed by atoms with Crippen molar-refractivity contribution in [3.05, 3.63) is 101 Å². The van der Waals surface area contributed by atoms with E-state index < -0.39 is 12.0 Å². The average Bonchev–Trinajstić information content (AvgIpc) is 3.17. The lowest BCUT2D eigenvalue weighted by Gasteiger charge is -2.19. The summed E-state index contributed by atoms with van der Waals surface area (Å²) in [5.41, 5.74) is 3.41. The standard InChI is InChI=1S/C28H28FN3O3/c1-4-34-28(33)25(16-21-14-18(2)19(3)35-21)32-27-24(15-20-10-6-5-7-11-20)31-26(17-30-27)22-12-8-9-13-23(22)29/h5-14,17,25H,4,15-16H2,1-3H3,(H,30,32). The van der Waals surface area contributed by atoms with Crippen LogP contribution in [-0.2, 0) is 22.4 Å². The van der Waals surface area contributed by atoms with Gasteiger partial charge in [-0.15, -0.1) is 0 Å². The van der Waals surface area contributed by atoms with Crippen LogP contribution in [0, 0.1) is 19.7 Å². The topological polar surface area (TPSA) is 77.2 Å². The smallest absolute Gasteiger partial charge is 0.329 e. The van der Waals surface area contributed by atoms with Crippen LogP contribution in [0.4, 0.5) is 10.2 Å². The molecule has 0 amide bonds. The largest absolute Gasteiger partial charge is 0.466 e. The first-order valence-electron chi connectivity index (χ1n) is 11.6. The number of hydrogen-bond donors (Lipinski definition) is 1. The lowest BCUT2D eigenvalue weighted by atomic mass is 10.1. The summed E-state index contributed by atoms with van der Waals surface area (Å²) >= 11 is 0. The summed E-state index contributed by atoms with van der Waals surface area (Å²) in [5, 5.41) is 3.22. The zero-order valence-corrected chi connectivity index (χ0v) is 20.0. The van der Waals surface area contributed by atoms with Gasteiger partial charge in [0, 0.05) is 18.4 Å². The highest BCUT2D eigenvalue weighted by Gasteiger charge is 2.25. The fraction of sp³-hybridized carbons (Fsp3) is 0.250. The normalized spacial score (nSPS) is 11.8. The van der Waals surface area contributed by atoms with Crippen LogP contribution in [0.3, 0.4) is 0 Å². The number of ether oxygens (including phenoxy) is 1. The highest BCUT2D eigenvalue weighted by Crippen LogP contribution is 2.25. The van der Waals surface area contributed by atoms with Gasteiger partial charge in [0.05, 0.1) is 24.2 Å². The number of nitrogens with one attached hydrogen (secondary N) is 1. The third kappa shape index (κ3) is 5.93. The molecule has 0 aliphatic heterocycles. The van der Waals surface area contributed by atoms with Gasteiger partial charge in [0.2, 0.25) is 0 Å². The number of halogens is 1. The van der Waals surface area contributed by atoms with E-state index in [1.807, 2.05) is 50.2 Å². The molecular weight excluding hydrogens is 445 g/mol. The van der Waals surface area contributed by atoms with Crippen molar-refractivity contribution in [2.75, 3.05) is 11.9 Å². The molecule has 1 unspecified atom stereocenters. The highest BCUT2D eigenvalue weighted by molar-refractivity contribution is 5.79. The molecule has 0 saturated heterocycles. The summed E-state index contributed by atoms with van der Waals surface area (Å²) in [7, 11) is 0. The van der Waals surface area contributed by atoms with Gasteiger partial charge in [-0.25, -0.2) is 19.2 Å². The first kappa shape index (κ1) is 24.1. The summed E-state index contributed by atoms with van der Waals surface area (Å²) < 4.78 is 25.6. The van der Waals surface area contributed by atoms with Gasteiger partial charge < -0.3 is 14.5 Å². The van der Waals surface area contributed by atoms with Crippen LogP contribution >= 0.6 is 0 Å². The quantitative estimate of drug-likeness (QED) is 0.316. The Morgan fingerprint density at radius 2 is 1.86 bits per heavy atom. The maximum absolute atomic E-state index is 14.5. The fourth-order valence-electron chi connectivity index (χ4n) is 3.81. The SMILES string of the molecule is CCOC(=O)C(Cc1cc(C)c(C)o1)Nc1ncc(-c2ccccc2F)nc1Cc1ccccc1. The molecule has 2 aromatic heterocycles. The summed E-state index contributed by atoms with van der Waals surface area (Å²) in [5.74, 6) is 1.13. The van der Waals surface area contributed by atoms with Crippen LogP contribution in [0.5, 0.6) is 0 Å². The number of furan rings is 1. The Balaban J connectivity index is 1.70. The second-order valence-electron chi connectivity index (χ2n) is 8.30. The first-order chi connectivity index (χ1) is 16.9. The van der Waals surface area contributed by atoms with Crippen LogP contribution in [0.2, 0.25) is 0 Å². The summed E-state index contributed by atoms with van der Waals surface area (Å²) in [6.45, 7) is 5.86. The Morgan fingerprint density at radius 1 is 1.11 bits per heavy atom. The van der Waals surface area contributed by atoms with E-state index in [1.165, 1.54) is 12.3 Å². The Kier molecular flexibility index (Phi) is 7.55. The number of aromatic nitrogens is 2. The first-order valence-corrected chi connectivity index (χ1v) is 11.6. The molecule has 6 nitrogen and oxygen atoms in total. The van der Waals surface area contributed by atoms with Crippen molar-refractivity contribution in [2.24, 2.45) is 0 Å². The average molecular weight is 474 g/mol. The molecule has 0 radical (unpaired) electrons. The zero-order valence-electron chi connectivity index (χ0n) is 20.0. The Labute approximate surface area is 204 Å². The van der Waals surface area contributed by atoms with E-state index in [0.717, 1.165) is 16.9 Å². The number of esters is 1. The molecule has 1 N–H and O–H groups in total. The van der Waals surface area contributed by atoms with Crippen molar-refractivity contribution < 1.29 is 18.3 Å². The van der Waals surface area contributed by atoms with Gasteiger partial charge in [-0.2, -0.15) is 0 Å². The third-order valence-corrected chi connectivity index (χ3v) is 5.71. The number of aryl methyl sites for hydroxylation is 2. The van der Waals surface area contributed by atoms with E-state index in [0.29, 0.717) is 35.0 Å². The minimum atomic E-state index is -0.733.